The van der Waals surface area contributed by atoms with Gasteiger partial charge in [0.15, 0.2) is 5.78 Å². The van der Waals surface area contributed by atoms with Gasteiger partial charge in [-0.1, -0.05) is 29.8 Å². The second-order valence-electron chi connectivity index (χ2n) is 4.29. The number of Topliss-reactive ketones (excluding diaryl/α,β-unsaturated/α-hetero) is 1. The first-order valence-electron chi connectivity index (χ1n) is 5.95. The molecule has 0 atom stereocenters. The van der Waals surface area contributed by atoms with Gasteiger partial charge in [0.1, 0.15) is 0 Å². The lowest BCUT2D eigenvalue weighted by molar-refractivity contribution is 0.101. The third-order valence-corrected chi connectivity index (χ3v) is 3.15. The molecule has 0 heterocycles. The van der Waals surface area contributed by atoms with Gasteiger partial charge in [-0.05, 0) is 31.2 Å². The number of nitrogens with two attached hydrogens (primary N) is 1. The van der Waals surface area contributed by atoms with Gasteiger partial charge in [0, 0.05) is 11.3 Å². The lowest BCUT2D eigenvalue weighted by Gasteiger charge is -2.09. The Bertz CT molecular complexity index is 683. The van der Waals surface area contributed by atoms with Crippen LogP contribution in [0.3, 0.4) is 0 Å². The van der Waals surface area contributed by atoms with Crippen LogP contribution < -0.4 is 11.1 Å². The van der Waals surface area contributed by atoms with Gasteiger partial charge in [0.2, 0.25) is 0 Å². The van der Waals surface area contributed by atoms with E-state index in [1.54, 1.807) is 42.5 Å². The molecule has 0 fully saturated rings. The highest BCUT2D eigenvalue weighted by Gasteiger charge is 2.12. The van der Waals surface area contributed by atoms with Crippen molar-refractivity contribution >= 4 is 34.7 Å². The number of halogens is 1. The zero-order chi connectivity index (χ0) is 14.7. The van der Waals surface area contributed by atoms with Crippen molar-refractivity contribution in [3.63, 3.8) is 0 Å². The Morgan fingerprint density at radius 1 is 1.15 bits per heavy atom. The van der Waals surface area contributed by atoms with Crippen LogP contribution >= 0.6 is 11.6 Å². The molecule has 0 aromatic heterocycles. The van der Waals surface area contributed by atoms with E-state index < -0.39 is 0 Å². The summed E-state index contributed by atoms with van der Waals surface area (Å²) in [6, 6.07) is 11.6. The molecule has 0 aliphatic rings. The van der Waals surface area contributed by atoms with Crippen molar-refractivity contribution in [2.45, 2.75) is 6.92 Å². The van der Waals surface area contributed by atoms with Crippen LogP contribution in [0.15, 0.2) is 42.5 Å². The minimum absolute atomic E-state index is 0.0663. The number of rotatable bonds is 3. The highest BCUT2D eigenvalue weighted by atomic mass is 35.5. The first-order chi connectivity index (χ1) is 9.49. The van der Waals surface area contributed by atoms with E-state index in [9.17, 15) is 9.59 Å². The quantitative estimate of drug-likeness (QED) is 0.672. The van der Waals surface area contributed by atoms with Gasteiger partial charge in [-0.15, -0.1) is 0 Å². The Hall–Kier alpha value is -2.33. The van der Waals surface area contributed by atoms with Crippen LogP contribution in [-0.4, -0.2) is 11.7 Å². The van der Waals surface area contributed by atoms with Crippen LogP contribution in [0.2, 0.25) is 5.02 Å². The first kappa shape index (κ1) is 14.1. The fourth-order valence-electron chi connectivity index (χ4n) is 1.75. The molecule has 0 unspecified atom stereocenters. The molecule has 0 bridgehead atoms. The summed E-state index contributed by atoms with van der Waals surface area (Å²) in [6.07, 6.45) is 0. The van der Waals surface area contributed by atoms with Crippen LogP contribution in [0.5, 0.6) is 0 Å². The zero-order valence-electron chi connectivity index (χ0n) is 10.8. The summed E-state index contributed by atoms with van der Waals surface area (Å²) in [4.78, 5) is 23.4. The third-order valence-electron chi connectivity index (χ3n) is 2.82. The van der Waals surface area contributed by atoms with E-state index in [-0.39, 0.29) is 17.4 Å². The topological polar surface area (TPSA) is 72.2 Å². The molecule has 2 rings (SSSR count). The van der Waals surface area contributed by atoms with Gasteiger partial charge in [-0.3, -0.25) is 9.59 Å². The number of anilines is 2. The van der Waals surface area contributed by atoms with Crippen molar-refractivity contribution in [3.8, 4) is 0 Å². The number of hydrogen-bond acceptors (Lipinski definition) is 3. The Kier molecular flexibility index (Phi) is 4.05. The summed E-state index contributed by atoms with van der Waals surface area (Å²) in [5.74, 6) is -0.436. The third kappa shape index (κ3) is 2.97. The Morgan fingerprint density at radius 3 is 2.55 bits per heavy atom. The van der Waals surface area contributed by atoms with Gasteiger partial charge in [0.05, 0.1) is 16.3 Å². The molecule has 0 saturated carbocycles. The molecule has 2 aromatic carbocycles. The summed E-state index contributed by atoms with van der Waals surface area (Å²) >= 11 is 5.88. The fraction of sp³-hybridized carbons (Fsp3) is 0.0667. The van der Waals surface area contributed by atoms with Gasteiger partial charge >= 0.3 is 0 Å². The lowest BCUT2D eigenvalue weighted by Crippen LogP contribution is -2.14. The monoisotopic (exact) mass is 288 g/mol. The van der Waals surface area contributed by atoms with Gasteiger partial charge < -0.3 is 11.1 Å². The Morgan fingerprint density at radius 2 is 1.85 bits per heavy atom. The molecule has 102 valence electrons. The highest BCUT2D eigenvalue weighted by molar-refractivity contribution is 6.34. The second-order valence-corrected chi connectivity index (χ2v) is 4.70. The summed E-state index contributed by atoms with van der Waals surface area (Å²) in [7, 11) is 0. The van der Waals surface area contributed by atoms with E-state index in [0.29, 0.717) is 21.8 Å². The normalized spacial score (nSPS) is 10.1. The Labute approximate surface area is 121 Å². The minimum atomic E-state index is -0.370. The summed E-state index contributed by atoms with van der Waals surface area (Å²) < 4.78 is 0. The molecule has 2 aromatic rings. The fourth-order valence-corrected chi connectivity index (χ4v) is 1.92. The number of ketones is 1. The number of carbonyl (C=O) groups excluding carboxylic acids is 2. The van der Waals surface area contributed by atoms with E-state index >= 15 is 0 Å². The van der Waals surface area contributed by atoms with Crippen LogP contribution in [0, 0.1) is 0 Å². The molecule has 3 N–H and O–H groups in total. The first-order valence-corrected chi connectivity index (χ1v) is 6.33. The molecule has 20 heavy (non-hydrogen) atoms. The molecule has 0 aliphatic heterocycles. The summed E-state index contributed by atoms with van der Waals surface area (Å²) in [5, 5.41) is 3.02. The van der Waals surface area contributed by atoms with E-state index in [4.69, 9.17) is 17.3 Å². The van der Waals surface area contributed by atoms with Crippen molar-refractivity contribution in [1.82, 2.24) is 0 Å². The lowest BCUT2D eigenvalue weighted by atomic mass is 10.1. The van der Waals surface area contributed by atoms with Crippen LogP contribution in [0.4, 0.5) is 11.4 Å². The molecule has 1 amide bonds. The average Bonchev–Trinajstić information content (AvgIpc) is 2.42. The number of hydrogen-bond donors (Lipinski definition) is 2. The van der Waals surface area contributed by atoms with Crippen LogP contribution in [-0.2, 0) is 0 Å². The number of nitrogen functional groups attached to an aromatic ring is 1. The molecule has 0 saturated heterocycles. The number of benzene rings is 2. The average molecular weight is 289 g/mol. The van der Waals surface area contributed by atoms with E-state index in [0.717, 1.165) is 0 Å². The van der Waals surface area contributed by atoms with Crippen molar-refractivity contribution in [1.29, 1.82) is 0 Å². The predicted octanol–water partition coefficient (Wildman–Crippen LogP) is 3.38. The molecule has 5 heteroatoms. The molecular weight excluding hydrogens is 276 g/mol. The number of para-hydroxylation sites is 1. The number of amides is 1. The predicted molar refractivity (Wildman–Crippen MR) is 80.3 cm³/mol. The maximum Gasteiger partial charge on any atom is 0.257 e. The van der Waals surface area contributed by atoms with Gasteiger partial charge in [-0.25, -0.2) is 0 Å². The summed E-state index contributed by atoms with van der Waals surface area (Å²) in [5.41, 5.74) is 7.36. The zero-order valence-corrected chi connectivity index (χ0v) is 11.6. The van der Waals surface area contributed by atoms with Crippen molar-refractivity contribution in [2.75, 3.05) is 11.1 Å². The van der Waals surface area contributed by atoms with Gasteiger partial charge in [0.25, 0.3) is 5.91 Å². The number of carbonyl (C=O) groups is 2. The van der Waals surface area contributed by atoms with E-state index in [2.05, 4.69) is 5.32 Å². The van der Waals surface area contributed by atoms with E-state index in [1.807, 2.05) is 0 Å². The maximum absolute atomic E-state index is 12.1. The van der Waals surface area contributed by atoms with Crippen molar-refractivity contribution in [3.05, 3.63) is 58.6 Å². The second kappa shape index (κ2) is 5.75. The standard InChI is InChI=1S/C15H13ClN2O2/c1-9(19)10-4-2-5-11(8-10)18-15(20)12-6-3-7-13(16)14(12)17/h2-8H,17H2,1H3,(H,18,20). The van der Waals surface area contributed by atoms with Crippen molar-refractivity contribution in [2.24, 2.45) is 0 Å². The van der Waals surface area contributed by atoms with Gasteiger partial charge in [-0.2, -0.15) is 0 Å². The smallest absolute Gasteiger partial charge is 0.257 e. The molecule has 4 nitrogen and oxygen atoms in total. The largest absolute Gasteiger partial charge is 0.397 e. The number of nitrogens with one attached hydrogen (secondary N) is 1. The SMILES string of the molecule is CC(=O)c1cccc(NC(=O)c2cccc(Cl)c2N)c1. The molecule has 0 radical (unpaired) electrons. The van der Waals surface area contributed by atoms with E-state index in [1.165, 1.54) is 6.92 Å². The molecule has 0 aliphatic carbocycles. The Balaban J connectivity index is 2.26. The molecule has 0 spiro atoms. The van der Waals surface area contributed by atoms with Crippen LogP contribution in [0.1, 0.15) is 27.6 Å². The maximum atomic E-state index is 12.1. The highest BCUT2D eigenvalue weighted by Crippen LogP contribution is 2.23. The minimum Gasteiger partial charge on any atom is -0.397 e. The van der Waals surface area contributed by atoms with Crippen LogP contribution in [0.25, 0.3) is 0 Å². The molecular formula is C15H13ClN2O2. The summed E-state index contributed by atoms with van der Waals surface area (Å²) in [6.45, 7) is 1.47. The van der Waals surface area contributed by atoms with Crippen molar-refractivity contribution < 1.29 is 9.59 Å².